The quantitative estimate of drug-likeness (QED) is 0.101. The van der Waals surface area contributed by atoms with Crippen molar-refractivity contribution in [2.75, 3.05) is 9.80 Å². The Morgan fingerprint density at radius 2 is 0.789 bits per heavy atom. The summed E-state index contributed by atoms with van der Waals surface area (Å²) in [6, 6.07) is 76.5. The standard InChI is InChI=1S/C70H50FIN2O2/c1-41(2)55-39-63(73(45-29-35-59(71)57(37-45)43-17-7-5-8-18-43)61-25-15-23-51-47-21-11-13-27-65(47)75-69(51)61)53-33-31-50-56(42(3)4)40-64(54-34-32-49(55)67(53)68(50)54)74(46-30-36-60(72)58(38-46)44-19-9-6-10-20-44)62-26-16-24-52-48-22-12-14-28-66(48)76-70(52)62/h5-42H,1-4H3. The average molecular weight is 1100 g/mol. The van der Waals surface area contributed by atoms with E-state index in [9.17, 15) is 0 Å². The zero-order valence-electron chi connectivity index (χ0n) is 42.4. The van der Waals surface area contributed by atoms with Crippen LogP contribution in [-0.2, 0) is 0 Å². The van der Waals surface area contributed by atoms with Crippen LogP contribution in [0.2, 0.25) is 0 Å². The van der Waals surface area contributed by atoms with Crippen LogP contribution in [0.5, 0.6) is 0 Å². The third-order valence-corrected chi connectivity index (χ3v) is 16.4. The molecule has 2 heterocycles. The van der Waals surface area contributed by atoms with Gasteiger partial charge in [0.05, 0.1) is 22.7 Å². The summed E-state index contributed by atoms with van der Waals surface area (Å²) in [5.41, 5.74) is 15.1. The van der Waals surface area contributed by atoms with Crippen molar-refractivity contribution in [1.29, 1.82) is 0 Å². The van der Waals surface area contributed by atoms with Crippen LogP contribution in [0.4, 0.5) is 38.5 Å². The van der Waals surface area contributed by atoms with Crippen LogP contribution < -0.4 is 9.80 Å². The number of anilines is 6. The van der Waals surface area contributed by atoms with E-state index in [1.54, 1.807) is 6.07 Å². The molecule has 0 fully saturated rings. The normalized spacial score (nSPS) is 12.1. The van der Waals surface area contributed by atoms with Crippen LogP contribution in [0.25, 0.3) is 98.4 Å². The lowest BCUT2D eigenvalue weighted by Gasteiger charge is -2.32. The molecule has 0 bridgehead atoms. The maximum atomic E-state index is 16.3. The van der Waals surface area contributed by atoms with E-state index in [1.807, 2.05) is 60.7 Å². The molecule has 0 spiro atoms. The Kier molecular flexibility index (Phi) is 11.0. The molecule has 0 N–H and O–H groups in total. The summed E-state index contributed by atoms with van der Waals surface area (Å²) in [5.74, 6) is 0.0380. The average Bonchev–Trinajstić information content (AvgIpc) is 4.05. The van der Waals surface area contributed by atoms with Crippen LogP contribution in [0, 0.1) is 9.39 Å². The van der Waals surface area contributed by atoms with E-state index in [0.29, 0.717) is 5.56 Å². The molecule has 2 aromatic heterocycles. The molecule has 0 aliphatic carbocycles. The van der Waals surface area contributed by atoms with E-state index in [2.05, 4.69) is 212 Å². The van der Waals surface area contributed by atoms with Gasteiger partial charge in [-0.3, -0.25) is 0 Å². The number of para-hydroxylation sites is 4. The predicted octanol–water partition coefficient (Wildman–Crippen LogP) is 21.6. The van der Waals surface area contributed by atoms with E-state index < -0.39 is 0 Å². The first-order valence-corrected chi connectivity index (χ1v) is 27.2. The lowest BCUT2D eigenvalue weighted by atomic mass is 9.84. The molecule has 14 aromatic rings. The third-order valence-electron chi connectivity index (χ3n) is 15.5. The molecular formula is C70H50FIN2O2. The SMILES string of the molecule is CC(C)c1cc(N(c2ccc(F)c(-c3ccccc3)c2)c2cccc3c2oc2ccccc23)c2ccc3c(C(C)C)cc(N(c4ccc(I)c(-c5ccccc5)c4)c4cccc5c4oc4ccccc45)c4ccc1c2c34. The van der Waals surface area contributed by atoms with Crippen molar-refractivity contribution in [3.63, 3.8) is 0 Å². The first kappa shape index (κ1) is 46.1. The van der Waals surface area contributed by atoms with Crippen molar-refractivity contribution in [3.05, 3.63) is 239 Å². The fourth-order valence-electron chi connectivity index (χ4n) is 11.9. The molecule has 0 saturated carbocycles. The van der Waals surface area contributed by atoms with Gasteiger partial charge < -0.3 is 18.6 Å². The van der Waals surface area contributed by atoms with Crippen LogP contribution >= 0.6 is 22.6 Å². The Labute approximate surface area is 453 Å². The summed E-state index contributed by atoms with van der Waals surface area (Å²) in [6.07, 6.45) is 0. The number of nitrogens with zero attached hydrogens (tertiary/aromatic N) is 2. The minimum Gasteiger partial charge on any atom is -0.454 e. The molecule has 366 valence electrons. The number of hydrogen-bond acceptors (Lipinski definition) is 4. The zero-order chi connectivity index (χ0) is 51.3. The number of hydrogen-bond donors (Lipinski definition) is 0. The van der Waals surface area contributed by atoms with Gasteiger partial charge in [-0.25, -0.2) is 4.39 Å². The smallest absolute Gasteiger partial charge is 0.159 e. The van der Waals surface area contributed by atoms with Gasteiger partial charge in [-0.2, -0.15) is 0 Å². The fourth-order valence-corrected chi connectivity index (χ4v) is 12.6. The molecule has 14 rings (SSSR count). The topological polar surface area (TPSA) is 32.8 Å². The van der Waals surface area contributed by atoms with E-state index in [4.69, 9.17) is 8.83 Å². The number of benzene rings is 12. The molecular weight excluding hydrogens is 1050 g/mol. The summed E-state index contributed by atoms with van der Waals surface area (Å²) in [5, 5.41) is 11.2. The highest BCUT2D eigenvalue weighted by atomic mass is 127. The van der Waals surface area contributed by atoms with Crippen molar-refractivity contribution >= 4 is 133 Å². The second-order valence-electron chi connectivity index (χ2n) is 20.6. The molecule has 0 aliphatic heterocycles. The first-order valence-electron chi connectivity index (χ1n) is 26.1. The number of rotatable bonds is 10. The molecule has 0 atom stereocenters. The Bertz CT molecular complexity index is 4280. The fraction of sp³-hybridized carbons (Fsp3) is 0.0857. The molecule has 6 heteroatoms. The van der Waals surface area contributed by atoms with E-state index in [1.165, 1.54) is 36.2 Å². The van der Waals surface area contributed by atoms with Crippen LogP contribution in [0.1, 0.15) is 50.7 Å². The minimum absolute atomic E-state index is 0.148. The van der Waals surface area contributed by atoms with Crippen molar-refractivity contribution in [2.24, 2.45) is 0 Å². The lowest BCUT2D eigenvalue weighted by molar-refractivity contribution is 0.631. The van der Waals surface area contributed by atoms with Crippen molar-refractivity contribution in [3.8, 4) is 22.3 Å². The van der Waals surface area contributed by atoms with Crippen LogP contribution in [-0.4, -0.2) is 0 Å². The van der Waals surface area contributed by atoms with Crippen LogP contribution in [0.3, 0.4) is 0 Å². The summed E-state index contributed by atoms with van der Waals surface area (Å²) < 4.78 is 31.3. The van der Waals surface area contributed by atoms with E-state index >= 15 is 4.39 Å². The summed E-state index contributed by atoms with van der Waals surface area (Å²) in [4.78, 5) is 4.75. The van der Waals surface area contributed by atoms with Crippen molar-refractivity contribution in [1.82, 2.24) is 0 Å². The van der Waals surface area contributed by atoms with Gasteiger partial charge in [0.1, 0.15) is 17.0 Å². The van der Waals surface area contributed by atoms with Gasteiger partial charge in [0, 0.05) is 52.8 Å². The molecule has 0 amide bonds. The Morgan fingerprint density at radius 3 is 1.29 bits per heavy atom. The second kappa shape index (κ2) is 18.1. The Balaban J connectivity index is 1.10. The second-order valence-corrected chi connectivity index (χ2v) is 21.7. The lowest BCUT2D eigenvalue weighted by Crippen LogP contribution is -2.13. The molecule has 76 heavy (non-hydrogen) atoms. The number of furan rings is 2. The van der Waals surface area contributed by atoms with Gasteiger partial charge in [0.2, 0.25) is 0 Å². The highest BCUT2D eigenvalue weighted by Crippen LogP contribution is 2.53. The predicted molar refractivity (Wildman–Crippen MR) is 326 cm³/mol. The maximum absolute atomic E-state index is 16.3. The Hall–Kier alpha value is -8.46. The minimum atomic E-state index is -0.282. The monoisotopic (exact) mass is 1100 g/mol. The van der Waals surface area contributed by atoms with Gasteiger partial charge >= 0.3 is 0 Å². The Morgan fingerprint density at radius 1 is 0.368 bits per heavy atom. The van der Waals surface area contributed by atoms with Gasteiger partial charge in [-0.05, 0) is 157 Å². The van der Waals surface area contributed by atoms with E-state index in [0.717, 1.165) is 105 Å². The summed E-state index contributed by atoms with van der Waals surface area (Å²) >= 11 is 2.48. The van der Waals surface area contributed by atoms with E-state index in [-0.39, 0.29) is 17.7 Å². The molecule has 0 saturated heterocycles. The van der Waals surface area contributed by atoms with Crippen LogP contribution in [0.15, 0.2) is 227 Å². The molecule has 0 aliphatic rings. The third kappa shape index (κ3) is 7.29. The van der Waals surface area contributed by atoms with Crippen molar-refractivity contribution in [2.45, 2.75) is 39.5 Å². The summed E-state index contributed by atoms with van der Waals surface area (Å²) in [7, 11) is 0. The highest BCUT2D eigenvalue weighted by Gasteiger charge is 2.29. The van der Waals surface area contributed by atoms with Crippen molar-refractivity contribution < 1.29 is 13.2 Å². The molecule has 4 nitrogen and oxygen atoms in total. The first-order chi connectivity index (χ1) is 37.2. The molecule has 12 aromatic carbocycles. The largest absolute Gasteiger partial charge is 0.454 e. The maximum Gasteiger partial charge on any atom is 0.159 e. The molecule has 0 unspecified atom stereocenters. The number of halogens is 2. The zero-order valence-corrected chi connectivity index (χ0v) is 44.6. The van der Waals surface area contributed by atoms with Gasteiger partial charge in [0.15, 0.2) is 11.2 Å². The summed E-state index contributed by atoms with van der Waals surface area (Å²) in [6.45, 7) is 9.18. The molecule has 0 radical (unpaired) electrons. The highest BCUT2D eigenvalue weighted by molar-refractivity contribution is 14.1. The van der Waals surface area contributed by atoms with Gasteiger partial charge in [-0.15, -0.1) is 0 Å². The number of fused-ring (bicyclic) bond motifs is 6. The van der Waals surface area contributed by atoms with Gasteiger partial charge in [0.25, 0.3) is 0 Å². The van der Waals surface area contributed by atoms with Gasteiger partial charge in [-0.1, -0.05) is 173 Å².